The Bertz CT molecular complexity index is 257. The Morgan fingerprint density at radius 1 is 1.42 bits per heavy atom. The lowest BCUT2D eigenvalue weighted by Crippen LogP contribution is -2.33. The van der Waals surface area contributed by atoms with Gasteiger partial charge in [0.15, 0.2) is 5.25 Å². The highest BCUT2D eigenvalue weighted by molar-refractivity contribution is 8.14. The normalized spacial score (nSPS) is 14.4. The number of carbonyl (C=O) groups is 1. The van der Waals surface area contributed by atoms with Crippen LogP contribution in [0.3, 0.4) is 0 Å². The van der Waals surface area contributed by atoms with Crippen molar-refractivity contribution < 1.29 is 17.9 Å². The zero-order chi connectivity index (χ0) is 9.94. The van der Waals surface area contributed by atoms with Gasteiger partial charge >= 0.3 is 5.97 Å². The second-order valence-electron chi connectivity index (χ2n) is 2.66. The van der Waals surface area contributed by atoms with Crippen LogP contribution in [0.2, 0.25) is 0 Å². The minimum absolute atomic E-state index is 0.389. The van der Waals surface area contributed by atoms with E-state index < -0.39 is 20.3 Å². The second kappa shape index (κ2) is 4.09. The van der Waals surface area contributed by atoms with Gasteiger partial charge in [0.05, 0.1) is 7.11 Å². The molecule has 4 nitrogen and oxygen atoms in total. The molecule has 0 rings (SSSR count). The number of methoxy groups -OCH3 is 1. The standard InChI is InChI=1S/C6H11ClO4S/c1-4(2)5(6(8)11-3)12(7,9)10/h4-5H,1-3H3. The topological polar surface area (TPSA) is 60.4 Å². The molecule has 0 aliphatic carbocycles. The molecule has 1 atom stereocenters. The lowest BCUT2D eigenvalue weighted by molar-refractivity contribution is -0.140. The SMILES string of the molecule is COC(=O)C(C(C)C)S(=O)(=O)Cl. The van der Waals surface area contributed by atoms with Crippen LogP contribution in [-0.4, -0.2) is 26.7 Å². The Kier molecular flexibility index (Phi) is 3.99. The van der Waals surface area contributed by atoms with E-state index in [0.717, 1.165) is 7.11 Å². The summed E-state index contributed by atoms with van der Waals surface area (Å²) in [7, 11) is 2.29. The fourth-order valence-corrected chi connectivity index (χ4v) is 2.64. The molecule has 0 fully saturated rings. The van der Waals surface area contributed by atoms with Gasteiger partial charge in [0.2, 0.25) is 9.05 Å². The summed E-state index contributed by atoms with van der Waals surface area (Å²) in [5.74, 6) is -1.21. The van der Waals surface area contributed by atoms with Crippen LogP contribution < -0.4 is 0 Å². The molecule has 0 heterocycles. The van der Waals surface area contributed by atoms with Crippen LogP contribution >= 0.6 is 10.7 Å². The Hall–Kier alpha value is -0.290. The Balaban J connectivity index is 4.82. The highest BCUT2D eigenvalue weighted by Crippen LogP contribution is 2.17. The molecule has 0 aromatic heterocycles. The van der Waals surface area contributed by atoms with Crippen LogP contribution in [0.25, 0.3) is 0 Å². The lowest BCUT2D eigenvalue weighted by Gasteiger charge is -2.13. The van der Waals surface area contributed by atoms with Crippen molar-refractivity contribution in [1.82, 2.24) is 0 Å². The first-order valence-corrected chi connectivity index (χ1v) is 5.69. The monoisotopic (exact) mass is 214 g/mol. The van der Waals surface area contributed by atoms with Gasteiger partial charge in [-0.15, -0.1) is 0 Å². The van der Waals surface area contributed by atoms with Crippen molar-refractivity contribution in [2.75, 3.05) is 7.11 Å². The zero-order valence-electron chi connectivity index (χ0n) is 7.07. The van der Waals surface area contributed by atoms with Gasteiger partial charge in [0.25, 0.3) is 0 Å². The van der Waals surface area contributed by atoms with Crippen LogP contribution in [0.5, 0.6) is 0 Å². The fraction of sp³-hybridized carbons (Fsp3) is 0.833. The van der Waals surface area contributed by atoms with Gasteiger partial charge in [-0.25, -0.2) is 8.42 Å². The van der Waals surface area contributed by atoms with Gasteiger partial charge in [-0.1, -0.05) is 13.8 Å². The summed E-state index contributed by atoms with van der Waals surface area (Å²) in [5, 5.41) is -1.27. The molecule has 0 radical (unpaired) electrons. The highest BCUT2D eigenvalue weighted by atomic mass is 35.7. The molecule has 1 unspecified atom stereocenters. The summed E-state index contributed by atoms with van der Waals surface area (Å²) in [6.45, 7) is 3.17. The quantitative estimate of drug-likeness (QED) is 0.514. The number of carbonyl (C=O) groups excluding carboxylic acids is 1. The van der Waals surface area contributed by atoms with E-state index in [2.05, 4.69) is 4.74 Å². The van der Waals surface area contributed by atoms with E-state index in [1.165, 1.54) is 0 Å². The van der Waals surface area contributed by atoms with Gasteiger partial charge in [-0.2, -0.15) is 0 Å². The van der Waals surface area contributed by atoms with Crippen molar-refractivity contribution >= 4 is 25.7 Å². The van der Waals surface area contributed by atoms with Gasteiger partial charge in [0, 0.05) is 10.7 Å². The summed E-state index contributed by atoms with van der Waals surface area (Å²) in [6.07, 6.45) is 0. The smallest absolute Gasteiger partial charge is 0.325 e. The first-order valence-electron chi connectivity index (χ1n) is 3.32. The van der Waals surface area contributed by atoms with E-state index in [9.17, 15) is 13.2 Å². The molecule has 6 heteroatoms. The van der Waals surface area contributed by atoms with Crippen LogP contribution in [0.1, 0.15) is 13.8 Å². The number of esters is 1. The molecule has 0 N–H and O–H groups in total. The molecule has 0 saturated heterocycles. The minimum Gasteiger partial charge on any atom is -0.468 e. The molecular weight excluding hydrogens is 204 g/mol. The summed E-state index contributed by atoms with van der Waals surface area (Å²) in [4.78, 5) is 10.9. The molecule has 12 heavy (non-hydrogen) atoms. The van der Waals surface area contributed by atoms with E-state index in [4.69, 9.17) is 10.7 Å². The van der Waals surface area contributed by atoms with Crippen LogP contribution in [-0.2, 0) is 18.6 Å². The third-order valence-corrected chi connectivity index (χ3v) is 3.26. The van der Waals surface area contributed by atoms with Crippen LogP contribution in [0.15, 0.2) is 0 Å². The average molecular weight is 215 g/mol. The molecule has 0 spiro atoms. The second-order valence-corrected chi connectivity index (χ2v) is 5.41. The number of halogens is 1. The summed E-state index contributed by atoms with van der Waals surface area (Å²) in [6, 6.07) is 0. The third kappa shape index (κ3) is 2.98. The maximum atomic E-state index is 10.9. The maximum Gasteiger partial charge on any atom is 0.325 e. The lowest BCUT2D eigenvalue weighted by atomic mass is 10.1. The van der Waals surface area contributed by atoms with Gasteiger partial charge in [0.1, 0.15) is 0 Å². The molecule has 0 aliphatic heterocycles. The average Bonchev–Trinajstić information content (AvgIpc) is 1.83. The molecule has 0 saturated carbocycles. The van der Waals surface area contributed by atoms with Crippen molar-refractivity contribution in [1.29, 1.82) is 0 Å². The Morgan fingerprint density at radius 3 is 1.92 bits per heavy atom. The Morgan fingerprint density at radius 2 is 1.83 bits per heavy atom. The maximum absolute atomic E-state index is 10.9. The van der Waals surface area contributed by atoms with Crippen LogP contribution in [0, 0.1) is 5.92 Å². The minimum atomic E-state index is -3.88. The first kappa shape index (κ1) is 11.7. The van der Waals surface area contributed by atoms with Gasteiger partial charge < -0.3 is 4.74 Å². The Labute approximate surface area is 76.3 Å². The van der Waals surface area contributed by atoms with Crippen molar-refractivity contribution in [3.8, 4) is 0 Å². The van der Waals surface area contributed by atoms with E-state index in [1.807, 2.05) is 0 Å². The number of hydrogen-bond donors (Lipinski definition) is 0. The zero-order valence-corrected chi connectivity index (χ0v) is 8.65. The predicted octanol–water partition coefficient (Wildman–Crippen LogP) is 0.753. The largest absolute Gasteiger partial charge is 0.468 e. The number of ether oxygens (including phenoxy) is 1. The van der Waals surface area contributed by atoms with Crippen molar-refractivity contribution in [2.45, 2.75) is 19.1 Å². The van der Waals surface area contributed by atoms with E-state index in [1.54, 1.807) is 13.8 Å². The highest BCUT2D eigenvalue weighted by Gasteiger charge is 2.34. The summed E-state index contributed by atoms with van der Waals surface area (Å²) < 4.78 is 26.0. The predicted molar refractivity (Wildman–Crippen MR) is 45.4 cm³/mol. The van der Waals surface area contributed by atoms with E-state index in [-0.39, 0.29) is 5.92 Å². The fourth-order valence-electron chi connectivity index (χ4n) is 0.828. The van der Waals surface area contributed by atoms with Crippen molar-refractivity contribution in [3.05, 3.63) is 0 Å². The molecular formula is C6H11ClO4S. The van der Waals surface area contributed by atoms with Crippen molar-refractivity contribution in [3.63, 3.8) is 0 Å². The molecule has 0 aromatic rings. The molecule has 0 amide bonds. The third-order valence-electron chi connectivity index (χ3n) is 1.34. The molecule has 0 bridgehead atoms. The first-order chi connectivity index (χ1) is 5.30. The number of rotatable bonds is 3. The van der Waals surface area contributed by atoms with E-state index >= 15 is 0 Å². The summed E-state index contributed by atoms with van der Waals surface area (Å²) >= 11 is 0. The summed E-state index contributed by atoms with van der Waals surface area (Å²) in [5.41, 5.74) is 0. The molecule has 0 aromatic carbocycles. The molecule has 72 valence electrons. The molecule has 0 aliphatic rings. The van der Waals surface area contributed by atoms with Crippen LogP contribution in [0.4, 0.5) is 0 Å². The number of hydrogen-bond acceptors (Lipinski definition) is 4. The van der Waals surface area contributed by atoms with Gasteiger partial charge in [-0.3, -0.25) is 4.79 Å². The van der Waals surface area contributed by atoms with E-state index in [0.29, 0.717) is 0 Å². The van der Waals surface area contributed by atoms with Crippen molar-refractivity contribution in [2.24, 2.45) is 5.92 Å². The van der Waals surface area contributed by atoms with Gasteiger partial charge in [-0.05, 0) is 5.92 Å².